The molecule has 0 aromatic carbocycles. The molecule has 2 nitrogen and oxygen atoms in total. The average molecular weight is 405 g/mol. The molecule has 0 unspecified atom stereocenters. The van der Waals surface area contributed by atoms with E-state index in [1.165, 1.54) is 29.3 Å². The Morgan fingerprint density at radius 2 is 1.82 bits per heavy atom. The number of ketones is 2. The van der Waals surface area contributed by atoms with Gasteiger partial charge in [0.15, 0.2) is 0 Å². The van der Waals surface area contributed by atoms with Gasteiger partial charge in [0.05, 0.1) is 0 Å². The summed E-state index contributed by atoms with van der Waals surface area (Å²) in [6, 6.07) is 6.09. The summed E-state index contributed by atoms with van der Waals surface area (Å²) in [5, 5.41) is 3.94. The fourth-order valence-corrected chi connectivity index (χ4v) is 9.12. The molecule has 0 bridgehead atoms. The zero-order chi connectivity index (χ0) is 14.8. The minimum atomic E-state index is -0.128. The Hall–Kier alpha value is -1.30. The number of hydrogen-bond acceptors (Lipinski definition) is 5. The van der Waals surface area contributed by atoms with Crippen LogP contribution in [0.25, 0.3) is 24.0 Å². The fourth-order valence-electron chi connectivity index (χ4n) is 2.67. The van der Waals surface area contributed by atoms with Crippen molar-refractivity contribution in [3.8, 4) is 0 Å². The summed E-state index contributed by atoms with van der Waals surface area (Å²) >= 11 is 5.18. The molecule has 4 aromatic rings. The number of hydrogen-bond donors (Lipinski definition) is 0. The zero-order valence-electron chi connectivity index (χ0n) is 10.9. The number of carbonyl (C=O) groups is 2. The molecule has 4 heterocycles. The number of thiophene rings is 3. The molecule has 0 amide bonds. The van der Waals surface area contributed by atoms with Crippen LogP contribution < -0.4 is 0 Å². The molecule has 6 heteroatoms. The van der Waals surface area contributed by atoms with E-state index < -0.39 is 0 Å². The van der Waals surface area contributed by atoms with Crippen LogP contribution in [-0.4, -0.2) is 26.1 Å². The number of Topliss-reactive ketones (excluding diaryl/α,β-unsaturated/α-hetero) is 2. The van der Waals surface area contributed by atoms with Crippen molar-refractivity contribution in [2.45, 2.75) is 0 Å². The van der Waals surface area contributed by atoms with Gasteiger partial charge in [0.1, 0.15) is 0 Å². The van der Waals surface area contributed by atoms with Gasteiger partial charge in [0.2, 0.25) is 0 Å². The van der Waals surface area contributed by atoms with Crippen molar-refractivity contribution >= 4 is 84.1 Å². The van der Waals surface area contributed by atoms with Crippen LogP contribution in [0.3, 0.4) is 0 Å². The van der Waals surface area contributed by atoms with Crippen LogP contribution >= 0.6 is 34.0 Å². The summed E-state index contributed by atoms with van der Waals surface area (Å²) in [4.78, 5) is 26.3. The molecule has 0 fully saturated rings. The van der Waals surface area contributed by atoms with Crippen molar-refractivity contribution in [2.24, 2.45) is 0 Å². The summed E-state index contributed by atoms with van der Waals surface area (Å²) in [6.45, 7) is 0. The fraction of sp³-hybridized carbons (Fsp3) is 0. The van der Waals surface area contributed by atoms with Gasteiger partial charge in [0, 0.05) is 0 Å². The van der Waals surface area contributed by atoms with Gasteiger partial charge >= 0.3 is 144 Å². The average Bonchev–Trinajstić information content (AvgIpc) is 3.24. The second-order valence-electron chi connectivity index (χ2n) is 4.94. The molecule has 0 N–H and O–H groups in total. The second kappa shape index (κ2) is 4.60. The standard InChI is InChI=1S/C16H6O2S3Se/c17-12-8-1-3-19-14(8)13(18)9(12)5-7-6-11-16(21-7)15-10(22-11)2-4-20-15/h1-6H/b9-5+. The Morgan fingerprint density at radius 1 is 0.955 bits per heavy atom. The number of carbonyl (C=O) groups excluding carboxylic acids is 2. The van der Waals surface area contributed by atoms with Gasteiger partial charge in [-0.15, -0.1) is 0 Å². The second-order valence-corrected chi connectivity index (χ2v) is 10.1. The molecule has 0 saturated carbocycles. The van der Waals surface area contributed by atoms with Gasteiger partial charge in [-0.05, 0) is 0 Å². The van der Waals surface area contributed by atoms with Crippen molar-refractivity contribution in [3.05, 3.63) is 49.9 Å². The van der Waals surface area contributed by atoms with Crippen LogP contribution in [0.4, 0.5) is 0 Å². The van der Waals surface area contributed by atoms with Gasteiger partial charge in [-0.1, -0.05) is 0 Å². The third kappa shape index (κ3) is 1.70. The summed E-state index contributed by atoms with van der Waals surface area (Å²) < 4.78 is 5.52. The van der Waals surface area contributed by atoms with Gasteiger partial charge in [0.25, 0.3) is 0 Å². The Morgan fingerprint density at radius 3 is 2.68 bits per heavy atom. The molecule has 4 aromatic heterocycles. The summed E-state index contributed by atoms with van der Waals surface area (Å²) in [6.07, 6.45) is 1.78. The van der Waals surface area contributed by atoms with Gasteiger partial charge in [-0.2, -0.15) is 0 Å². The van der Waals surface area contributed by atoms with E-state index in [1.54, 1.807) is 40.2 Å². The molecular weight excluding hydrogens is 399 g/mol. The summed E-state index contributed by atoms with van der Waals surface area (Å²) in [5.41, 5.74) is 0.885. The van der Waals surface area contributed by atoms with Crippen molar-refractivity contribution in [1.29, 1.82) is 0 Å². The van der Waals surface area contributed by atoms with Crippen molar-refractivity contribution < 1.29 is 9.59 Å². The molecule has 0 aliphatic heterocycles. The first-order valence-corrected chi connectivity index (χ1v) is 10.8. The topological polar surface area (TPSA) is 34.1 Å². The molecule has 0 atom stereocenters. The molecule has 5 rings (SSSR count). The molecule has 0 spiro atoms. The predicted molar refractivity (Wildman–Crippen MR) is 95.1 cm³/mol. The quantitative estimate of drug-likeness (QED) is 0.261. The third-order valence-corrected chi connectivity index (χ3v) is 9.63. The Labute approximate surface area is 143 Å². The first-order valence-electron chi connectivity index (χ1n) is 6.50. The first kappa shape index (κ1) is 13.2. The summed E-state index contributed by atoms with van der Waals surface area (Å²) in [7, 11) is 0. The maximum atomic E-state index is 12.3. The van der Waals surface area contributed by atoms with Crippen LogP contribution in [0.5, 0.6) is 0 Å². The van der Waals surface area contributed by atoms with Crippen LogP contribution in [0.15, 0.2) is 34.5 Å². The van der Waals surface area contributed by atoms with E-state index in [4.69, 9.17) is 0 Å². The van der Waals surface area contributed by atoms with Crippen LogP contribution in [0.1, 0.15) is 24.9 Å². The minimum absolute atomic E-state index is 0.120. The zero-order valence-corrected chi connectivity index (χ0v) is 15.1. The van der Waals surface area contributed by atoms with E-state index >= 15 is 0 Å². The van der Waals surface area contributed by atoms with Crippen LogP contribution in [-0.2, 0) is 0 Å². The van der Waals surface area contributed by atoms with E-state index in [0.29, 0.717) is 30.5 Å². The molecule has 106 valence electrons. The molecule has 1 aliphatic rings. The van der Waals surface area contributed by atoms with Crippen molar-refractivity contribution in [2.75, 3.05) is 0 Å². The first-order chi connectivity index (χ1) is 10.7. The molecule has 22 heavy (non-hydrogen) atoms. The molecule has 0 saturated heterocycles. The SMILES string of the molecule is O=C1/C(=C\c2cc3[se]c4ccsc4c3s2)C(=O)c2sccc21. The number of fused-ring (bicyclic) bond motifs is 4. The Balaban J connectivity index is 1.66. The van der Waals surface area contributed by atoms with E-state index in [0.717, 1.165) is 4.88 Å². The molecule has 0 radical (unpaired) electrons. The number of allylic oxidation sites excluding steroid dienone is 1. The molecular formula is C16H6O2S3Se. The van der Waals surface area contributed by atoms with Gasteiger partial charge in [-0.3, -0.25) is 0 Å². The third-order valence-electron chi connectivity index (χ3n) is 3.66. The summed E-state index contributed by atoms with van der Waals surface area (Å²) in [5.74, 6) is -0.247. The monoisotopic (exact) mass is 406 g/mol. The van der Waals surface area contributed by atoms with Gasteiger partial charge < -0.3 is 0 Å². The number of rotatable bonds is 1. The van der Waals surface area contributed by atoms with Crippen molar-refractivity contribution in [1.82, 2.24) is 0 Å². The normalized spacial score (nSPS) is 16.5. The Kier molecular flexibility index (Phi) is 2.75. The maximum absolute atomic E-state index is 12.3. The Bertz CT molecular complexity index is 1090. The van der Waals surface area contributed by atoms with Crippen LogP contribution in [0, 0.1) is 0 Å². The molecule has 1 aliphatic carbocycles. The predicted octanol–water partition coefficient (Wildman–Crippen LogP) is 4.70. The van der Waals surface area contributed by atoms with Crippen molar-refractivity contribution in [3.63, 3.8) is 0 Å². The van der Waals surface area contributed by atoms with E-state index in [-0.39, 0.29) is 11.6 Å². The van der Waals surface area contributed by atoms with Crippen LogP contribution in [0.2, 0.25) is 0 Å². The van der Waals surface area contributed by atoms with E-state index in [2.05, 4.69) is 17.5 Å². The van der Waals surface area contributed by atoms with E-state index in [1.807, 2.05) is 0 Å². The van der Waals surface area contributed by atoms with E-state index in [9.17, 15) is 9.59 Å². The van der Waals surface area contributed by atoms with Gasteiger partial charge in [-0.25, -0.2) is 0 Å².